The van der Waals surface area contributed by atoms with Crippen LogP contribution in [0.3, 0.4) is 0 Å². The summed E-state index contributed by atoms with van der Waals surface area (Å²) in [6.45, 7) is 3.07. The maximum absolute atomic E-state index is 11.8. The van der Waals surface area contributed by atoms with Crippen LogP contribution >= 0.6 is 23.2 Å². The maximum Gasteiger partial charge on any atom is 0.219 e. The Labute approximate surface area is 201 Å². The molecule has 4 aromatic rings. The Bertz CT molecular complexity index is 1340. The van der Waals surface area contributed by atoms with Crippen molar-refractivity contribution in [2.24, 2.45) is 0 Å². The number of likely N-dealkylation sites (N-methyl/N-ethyl adjacent to an activating group) is 1. The normalized spacial score (nSPS) is 15.9. The number of rotatable bonds is 4. The Morgan fingerprint density at radius 1 is 1.06 bits per heavy atom. The maximum atomic E-state index is 11.8. The first-order valence-electron chi connectivity index (χ1n) is 10.7. The van der Waals surface area contributed by atoms with Crippen LogP contribution in [0.5, 0.6) is 0 Å². The number of carbonyl (C=O) groups is 1. The summed E-state index contributed by atoms with van der Waals surface area (Å²) in [5.41, 5.74) is 3.90. The second kappa shape index (κ2) is 8.65. The predicted molar refractivity (Wildman–Crippen MR) is 131 cm³/mol. The van der Waals surface area contributed by atoms with E-state index in [1.54, 1.807) is 18.2 Å². The highest BCUT2D eigenvalue weighted by Crippen LogP contribution is 2.36. The van der Waals surface area contributed by atoms with Crippen LogP contribution in [-0.2, 0) is 4.79 Å². The molecule has 1 fully saturated rings. The van der Waals surface area contributed by atoms with Crippen LogP contribution in [0.1, 0.15) is 13.3 Å². The van der Waals surface area contributed by atoms with E-state index in [2.05, 4.69) is 14.9 Å². The van der Waals surface area contributed by atoms with E-state index in [-0.39, 0.29) is 11.9 Å². The van der Waals surface area contributed by atoms with Crippen molar-refractivity contribution in [1.29, 1.82) is 0 Å². The van der Waals surface area contributed by atoms with Gasteiger partial charge in [0.2, 0.25) is 5.91 Å². The van der Waals surface area contributed by atoms with Crippen molar-refractivity contribution in [2.45, 2.75) is 19.4 Å². The van der Waals surface area contributed by atoms with Crippen LogP contribution in [0.15, 0.2) is 54.9 Å². The number of benzene rings is 2. The molecule has 2 aromatic carbocycles. The van der Waals surface area contributed by atoms with Crippen LogP contribution in [0.25, 0.3) is 28.0 Å². The zero-order valence-corrected chi connectivity index (χ0v) is 19.8. The Balaban J connectivity index is 1.67. The highest BCUT2D eigenvalue weighted by atomic mass is 35.5. The van der Waals surface area contributed by atoms with Gasteiger partial charge in [0, 0.05) is 37.6 Å². The van der Waals surface area contributed by atoms with E-state index in [9.17, 15) is 4.79 Å². The van der Waals surface area contributed by atoms with Gasteiger partial charge in [0.05, 0.1) is 16.8 Å². The minimum atomic E-state index is 0.0581. The Kier molecular flexibility index (Phi) is 5.68. The van der Waals surface area contributed by atoms with Crippen LogP contribution in [0.4, 0.5) is 5.82 Å². The van der Waals surface area contributed by atoms with Gasteiger partial charge in [-0.2, -0.15) is 5.10 Å². The monoisotopic (exact) mass is 480 g/mol. The SMILES string of the molecule is CC(=O)N(C)C1CCN(c2ncnc3c(-c4ccc(Cl)cc4)n(-c4ccccc4Cl)nc23)C1. The lowest BCUT2D eigenvalue weighted by molar-refractivity contribution is -0.129. The highest BCUT2D eigenvalue weighted by Gasteiger charge is 2.30. The molecule has 1 saturated heterocycles. The molecule has 1 amide bonds. The Hall–Kier alpha value is -3.16. The van der Waals surface area contributed by atoms with Crippen molar-refractivity contribution < 1.29 is 4.79 Å². The zero-order chi connectivity index (χ0) is 23.1. The molecule has 0 spiro atoms. The molecule has 7 nitrogen and oxygen atoms in total. The lowest BCUT2D eigenvalue weighted by Gasteiger charge is -2.23. The minimum absolute atomic E-state index is 0.0581. The van der Waals surface area contributed by atoms with E-state index in [4.69, 9.17) is 28.3 Å². The fraction of sp³-hybridized carbons (Fsp3) is 0.250. The second-order valence-corrected chi connectivity index (χ2v) is 8.98. The third-order valence-corrected chi connectivity index (χ3v) is 6.72. The van der Waals surface area contributed by atoms with Crippen LogP contribution in [-0.4, -0.2) is 56.7 Å². The quantitative estimate of drug-likeness (QED) is 0.417. The van der Waals surface area contributed by atoms with Crippen molar-refractivity contribution in [3.8, 4) is 16.9 Å². The molecular formula is C24H22Cl2N6O. The molecule has 5 rings (SSSR count). The zero-order valence-electron chi connectivity index (χ0n) is 18.2. The van der Waals surface area contributed by atoms with E-state index in [1.165, 1.54) is 0 Å². The van der Waals surface area contributed by atoms with Gasteiger partial charge >= 0.3 is 0 Å². The first-order valence-corrected chi connectivity index (χ1v) is 11.4. The van der Waals surface area contributed by atoms with Gasteiger partial charge < -0.3 is 9.80 Å². The van der Waals surface area contributed by atoms with Gasteiger partial charge in [-0.15, -0.1) is 0 Å². The molecule has 0 N–H and O–H groups in total. The van der Waals surface area contributed by atoms with Gasteiger partial charge in [0.15, 0.2) is 11.3 Å². The molecule has 0 radical (unpaired) electrons. The molecule has 1 unspecified atom stereocenters. The van der Waals surface area contributed by atoms with E-state index in [0.29, 0.717) is 22.1 Å². The smallest absolute Gasteiger partial charge is 0.219 e. The average Bonchev–Trinajstić information content (AvgIpc) is 3.44. The number of aromatic nitrogens is 4. The molecule has 168 valence electrons. The largest absolute Gasteiger partial charge is 0.353 e. The third kappa shape index (κ3) is 3.92. The van der Waals surface area contributed by atoms with Crippen molar-refractivity contribution in [2.75, 3.05) is 25.0 Å². The fourth-order valence-corrected chi connectivity index (χ4v) is 4.63. The molecule has 33 heavy (non-hydrogen) atoms. The van der Waals surface area contributed by atoms with Gasteiger partial charge in [-0.3, -0.25) is 4.79 Å². The third-order valence-electron chi connectivity index (χ3n) is 6.14. The summed E-state index contributed by atoms with van der Waals surface area (Å²) in [6.07, 6.45) is 2.44. The molecular weight excluding hydrogens is 459 g/mol. The highest BCUT2D eigenvalue weighted by molar-refractivity contribution is 6.32. The molecule has 1 aliphatic heterocycles. The van der Waals surface area contributed by atoms with Crippen LogP contribution in [0, 0.1) is 0 Å². The number of fused-ring (bicyclic) bond motifs is 1. The van der Waals surface area contributed by atoms with Crippen LogP contribution < -0.4 is 4.90 Å². The van der Waals surface area contributed by atoms with E-state index in [0.717, 1.165) is 41.2 Å². The van der Waals surface area contributed by atoms with E-state index >= 15 is 0 Å². The number of amides is 1. The molecule has 3 heterocycles. The van der Waals surface area contributed by atoms with Crippen molar-refractivity contribution in [3.63, 3.8) is 0 Å². The topological polar surface area (TPSA) is 67.2 Å². The number of halogens is 2. The molecule has 9 heteroatoms. The number of anilines is 1. The Morgan fingerprint density at radius 2 is 1.82 bits per heavy atom. The van der Waals surface area contributed by atoms with Gasteiger partial charge in [-0.05, 0) is 30.7 Å². The van der Waals surface area contributed by atoms with Crippen molar-refractivity contribution >= 4 is 46.0 Å². The van der Waals surface area contributed by atoms with Crippen LogP contribution in [0.2, 0.25) is 10.0 Å². The average molecular weight is 481 g/mol. The lowest BCUT2D eigenvalue weighted by Crippen LogP contribution is -2.37. The minimum Gasteiger partial charge on any atom is -0.353 e. The van der Waals surface area contributed by atoms with E-state index in [1.807, 2.05) is 60.3 Å². The molecule has 0 bridgehead atoms. The Morgan fingerprint density at radius 3 is 2.55 bits per heavy atom. The number of nitrogens with zero attached hydrogens (tertiary/aromatic N) is 6. The molecule has 0 aliphatic carbocycles. The summed E-state index contributed by atoms with van der Waals surface area (Å²) in [5, 5.41) is 6.18. The first kappa shape index (κ1) is 21.7. The number of para-hydroxylation sites is 1. The second-order valence-electron chi connectivity index (χ2n) is 8.13. The summed E-state index contributed by atoms with van der Waals surface area (Å²) < 4.78 is 1.82. The molecule has 1 aliphatic rings. The van der Waals surface area contributed by atoms with Gasteiger partial charge in [-0.25, -0.2) is 14.6 Å². The summed E-state index contributed by atoms with van der Waals surface area (Å²) in [5.74, 6) is 0.808. The van der Waals surface area contributed by atoms with Crippen molar-refractivity contribution in [1.82, 2.24) is 24.6 Å². The summed E-state index contributed by atoms with van der Waals surface area (Å²) in [6, 6.07) is 15.3. The summed E-state index contributed by atoms with van der Waals surface area (Å²) >= 11 is 12.7. The lowest BCUT2D eigenvalue weighted by atomic mass is 10.1. The first-order chi connectivity index (χ1) is 15.9. The number of hydrogen-bond acceptors (Lipinski definition) is 5. The predicted octanol–water partition coefficient (Wildman–Crippen LogP) is 4.85. The molecule has 0 saturated carbocycles. The number of carbonyl (C=O) groups excluding carboxylic acids is 1. The van der Waals surface area contributed by atoms with Gasteiger partial charge in [0.1, 0.15) is 17.5 Å². The summed E-state index contributed by atoms with van der Waals surface area (Å²) in [7, 11) is 1.84. The molecule has 2 aromatic heterocycles. The van der Waals surface area contributed by atoms with E-state index < -0.39 is 0 Å². The van der Waals surface area contributed by atoms with Gasteiger partial charge in [-0.1, -0.05) is 47.5 Å². The van der Waals surface area contributed by atoms with Gasteiger partial charge in [0.25, 0.3) is 0 Å². The number of hydrogen-bond donors (Lipinski definition) is 0. The van der Waals surface area contributed by atoms with Crippen molar-refractivity contribution in [3.05, 3.63) is 64.9 Å². The standard InChI is InChI=1S/C24H22Cl2N6O/c1-15(33)30(2)18-11-12-31(13-18)24-22-21(27-14-28-24)23(16-7-9-17(25)10-8-16)32(29-22)20-6-4-3-5-19(20)26/h3-10,14,18H,11-13H2,1-2H3. The fourth-order valence-electron chi connectivity index (χ4n) is 4.29. The molecule has 1 atom stereocenters. The summed E-state index contributed by atoms with van der Waals surface area (Å²) in [4.78, 5) is 25.0.